The molecule has 0 N–H and O–H groups in total. The number of ether oxygens (including phenoxy) is 1. The summed E-state index contributed by atoms with van der Waals surface area (Å²) in [6.07, 6.45) is 1.60. The van der Waals surface area contributed by atoms with Gasteiger partial charge in [0.2, 0.25) is 0 Å². The molecule has 1 nitrogen and oxygen atoms in total. The highest BCUT2D eigenvalue weighted by molar-refractivity contribution is 6.52. The van der Waals surface area contributed by atoms with Crippen LogP contribution in [-0.2, 0) is 4.74 Å². The highest BCUT2D eigenvalue weighted by Gasteiger charge is 2.36. The van der Waals surface area contributed by atoms with Gasteiger partial charge in [0.05, 0.1) is 0 Å². The second kappa shape index (κ2) is 2.83. The smallest absolute Gasteiger partial charge is 0.163 e. The minimum Gasteiger partial charge on any atom is -0.359 e. The molecule has 0 aromatic heterocycles. The zero-order chi connectivity index (χ0) is 6.91. The minimum absolute atomic E-state index is 0.547. The summed E-state index contributed by atoms with van der Waals surface area (Å²) in [7, 11) is 0. The first-order valence-electron chi connectivity index (χ1n) is 2.76. The molecule has 1 aliphatic heterocycles. The van der Waals surface area contributed by atoms with Gasteiger partial charge in [-0.1, -0.05) is 34.8 Å². The standard InChI is InChI=1S/C5H7Cl3O/c6-4-5(7,8)2-1-3-9-4/h4H,1-3H2/t4-/m0/s1. The lowest BCUT2D eigenvalue weighted by molar-refractivity contribution is 0.0606. The van der Waals surface area contributed by atoms with Gasteiger partial charge in [-0.3, -0.25) is 0 Å². The Morgan fingerprint density at radius 2 is 2.11 bits per heavy atom. The Morgan fingerprint density at radius 3 is 2.44 bits per heavy atom. The molecule has 0 bridgehead atoms. The first-order chi connectivity index (χ1) is 4.13. The second-order valence-corrected chi connectivity index (χ2v) is 3.99. The summed E-state index contributed by atoms with van der Waals surface area (Å²) in [5, 5.41) is 0. The molecule has 1 saturated heterocycles. The van der Waals surface area contributed by atoms with Gasteiger partial charge in [-0.25, -0.2) is 0 Å². The molecule has 1 heterocycles. The number of halogens is 3. The Balaban J connectivity index is 2.49. The average molecular weight is 189 g/mol. The molecule has 1 aliphatic rings. The number of rotatable bonds is 0. The van der Waals surface area contributed by atoms with Crippen LogP contribution in [0.5, 0.6) is 0 Å². The predicted molar refractivity (Wildman–Crippen MR) is 39.3 cm³/mol. The van der Waals surface area contributed by atoms with Crippen LogP contribution in [0.1, 0.15) is 12.8 Å². The molecule has 4 heteroatoms. The molecule has 1 rings (SSSR count). The van der Waals surface area contributed by atoms with E-state index in [2.05, 4.69) is 0 Å². The van der Waals surface area contributed by atoms with Crippen LogP contribution < -0.4 is 0 Å². The molecule has 54 valence electrons. The maximum Gasteiger partial charge on any atom is 0.163 e. The van der Waals surface area contributed by atoms with Crippen molar-refractivity contribution in [3.05, 3.63) is 0 Å². The molecule has 0 spiro atoms. The lowest BCUT2D eigenvalue weighted by Crippen LogP contribution is -2.33. The van der Waals surface area contributed by atoms with Crippen molar-refractivity contribution >= 4 is 34.8 Å². The molecule has 0 amide bonds. The van der Waals surface area contributed by atoms with Crippen LogP contribution in [0.25, 0.3) is 0 Å². The molecule has 0 aliphatic carbocycles. The molecule has 0 aromatic carbocycles. The molecule has 1 fully saturated rings. The van der Waals surface area contributed by atoms with Crippen LogP contribution in [0, 0.1) is 0 Å². The monoisotopic (exact) mass is 188 g/mol. The zero-order valence-electron chi connectivity index (χ0n) is 4.74. The van der Waals surface area contributed by atoms with Gasteiger partial charge in [0.1, 0.15) is 0 Å². The van der Waals surface area contributed by atoms with E-state index >= 15 is 0 Å². The third kappa shape index (κ3) is 1.87. The van der Waals surface area contributed by atoms with Crippen molar-refractivity contribution in [2.24, 2.45) is 0 Å². The fraction of sp³-hybridized carbons (Fsp3) is 1.00. The lowest BCUT2D eigenvalue weighted by Gasteiger charge is -2.29. The first kappa shape index (κ1) is 7.93. The summed E-state index contributed by atoms with van der Waals surface area (Å²) >= 11 is 17.1. The molecule has 0 aromatic rings. The average Bonchev–Trinajstić information content (AvgIpc) is 1.77. The van der Waals surface area contributed by atoms with Crippen molar-refractivity contribution in [3.63, 3.8) is 0 Å². The van der Waals surface area contributed by atoms with Crippen LogP contribution in [0.2, 0.25) is 0 Å². The Labute approximate surface area is 69.2 Å². The van der Waals surface area contributed by atoms with Crippen LogP contribution in [-0.4, -0.2) is 16.5 Å². The van der Waals surface area contributed by atoms with Gasteiger partial charge < -0.3 is 4.74 Å². The normalized spacial score (nSPS) is 34.3. The van der Waals surface area contributed by atoms with Crippen LogP contribution in [0.4, 0.5) is 0 Å². The fourth-order valence-corrected chi connectivity index (χ4v) is 1.32. The van der Waals surface area contributed by atoms with Gasteiger partial charge in [-0.15, -0.1) is 0 Å². The van der Waals surface area contributed by atoms with Crippen molar-refractivity contribution in [2.45, 2.75) is 22.7 Å². The van der Waals surface area contributed by atoms with Gasteiger partial charge in [0.25, 0.3) is 0 Å². The molecular weight excluding hydrogens is 182 g/mol. The van der Waals surface area contributed by atoms with E-state index in [1.165, 1.54) is 0 Å². The quantitative estimate of drug-likeness (QED) is 0.532. The van der Waals surface area contributed by atoms with Crippen LogP contribution in [0.3, 0.4) is 0 Å². The molecule has 9 heavy (non-hydrogen) atoms. The predicted octanol–water partition coefficient (Wildman–Crippen LogP) is 2.54. The summed E-state index contributed by atoms with van der Waals surface area (Å²) in [5.41, 5.74) is -0.547. The van der Waals surface area contributed by atoms with Gasteiger partial charge >= 0.3 is 0 Å². The summed E-state index contributed by atoms with van der Waals surface area (Å²) in [6, 6.07) is 0. The summed E-state index contributed by atoms with van der Waals surface area (Å²) in [6.45, 7) is 0.662. The number of hydrogen-bond donors (Lipinski definition) is 0. The molecule has 0 saturated carbocycles. The fourth-order valence-electron chi connectivity index (χ4n) is 0.730. The van der Waals surface area contributed by atoms with Crippen molar-refractivity contribution in [1.29, 1.82) is 0 Å². The van der Waals surface area contributed by atoms with Gasteiger partial charge in [-0.2, -0.15) is 0 Å². The Hall–Kier alpha value is 0.830. The Morgan fingerprint density at radius 1 is 1.44 bits per heavy atom. The van der Waals surface area contributed by atoms with Gasteiger partial charge in [0.15, 0.2) is 9.90 Å². The third-order valence-electron chi connectivity index (χ3n) is 1.25. The Bertz CT molecular complexity index is 104. The van der Waals surface area contributed by atoms with E-state index in [9.17, 15) is 0 Å². The van der Waals surface area contributed by atoms with E-state index in [1.807, 2.05) is 0 Å². The third-order valence-corrected chi connectivity index (χ3v) is 2.75. The van der Waals surface area contributed by atoms with Crippen LogP contribution in [0.15, 0.2) is 0 Å². The van der Waals surface area contributed by atoms with E-state index in [0.29, 0.717) is 13.0 Å². The topological polar surface area (TPSA) is 9.23 Å². The van der Waals surface area contributed by atoms with Crippen molar-refractivity contribution < 1.29 is 4.74 Å². The van der Waals surface area contributed by atoms with E-state index < -0.39 is 9.90 Å². The van der Waals surface area contributed by atoms with Crippen LogP contribution >= 0.6 is 34.8 Å². The maximum atomic E-state index is 5.73. The largest absolute Gasteiger partial charge is 0.359 e. The molecule has 0 unspecified atom stereocenters. The Kier molecular flexibility index (Phi) is 2.49. The number of hydrogen-bond acceptors (Lipinski definition) is 1. The van der Waals surface area contributed by atoms with E-state index in [1.54, 1.807) is 0 Å². The lowest BCUT2D eigenvalue weighted by atomic mass is 10.2. The maximum absolute atomic E-state index is 5.73. The van der Waals surface area contributed by atoms with Crippen molar-refractivity contribution in [3.8, 4) is 0 Å². The first-order valence-corrected chi connectivity index (χ1v) is 3.96. The van der Waals surface area contributed by atoms with E-state index in [4.69, 9.17) is 39.5 Å². The van der Waals surface area contributed by atoms with E-state index in [0.717, 1.165) is 6.42 Å². The second-order valence-electron chi connectivity index (χ2n) is 2.05. The zero-order valence-corrected chi connectivity index (χ0v) is 7.01. The molecular formula is C5H7Cl3O. The highest BCUT2D eigenvalue weighted by Crippen LogP contribution is 2.37. The van der Waals surface area contributed by atoms with Gasteiger partial charge in [-0.05, 0) is 12.8 Å². The van der Waals surface area contributed by atoms with Crippen molar-refractivity contribution in [1.82, 2.24) is 0 Å². The van der Waals surface area contributed by atoms with Crippen molar-refractivity contribution in [2.75, 3.05) is 6.61 Å². The van der Waals surface area contributed by atoms with E-state index in [-0.39, 0.29) is 0 Å². The SMILES string of the molecule is Cl[C@H]1OCCCC1(Cl)Cl. The summed E-state index contributed by atoms with van der Waals surface area (Å²) in [4.78, 5) is 0. The molecule has 1 atom stereocenters. The summed E-state index contributed by atoms with van der Waals surface area (Å²) < 4.78 is 4.12. The van der Waals surface area contributed by atoms with Gasteiger partial charge in [0, 0.05) is 6.61 Å². The minimum atomic E-state index is -0.875. The summed E-state index contributed by atoms with van der Waals surface area (Å²) in [5.74, 6) is 0. The number of alkyl halides is 3. The highest BCUT2D eigenvalue weighted by atomic mass is 35.5. The molecule has 0 radical (unpaired) electrons.